The SMILES string of the molecule is Cc1ccc(C(CNCc2cn[nH]c2C)N2CCOCC2)cc1.Cl. The summed E-state index contributed by atoms with van der Waals surface area (Å²) < 4.78 is 5.51. The van der Waals surface area contributed by atoms with Crippen LogP contribution < -0.4 is 5.32 Å². The standard InChI is InChI=1S/C18H26N4O.ClH/c1-14-3-5-16(6-4-14)18(22-7-9-23-10-8-22)13-19-11-17-12-20-21-15(17)2;/h3-6,12,18-19H,7-11,13H2,1-2H3,(H,20,21);1H. The van der Waals surface area contributed by atoms with Gasteiger partial charge in [0.1, 0.15) is 0 Å². The van der Waals surface area contributed by atoms with Crippen LogP contribution in [0, 0.1) is 13.8 Å². The first-order valence-electron chi connectivity index (χ1n) is 8.32. The molecule has 6 heteroatoms. The molecule has 0 saturated carbocycles. The van der Waals surface area contributed by atoms with Crippen LogP contribution in [0.2, 0.25) is 0 Å². The van der Waals surface area contributed by atoms with Gasteiger partial charge in [0.05, 0.1) is 19.4 Å². The zero-order chi connectivity index (χ0) is 16.1. The topological polar surface area (TPSA) is 53.2 Å². The number of ether oxygens (including phenoxy) is 1. The van der Waals surface area contributed by atoms with Crippen molar-refractivity contribution in [1.29, 1.82) is 0 Å². The van der Waals surface area contributed by atoms with Crippen LogP contribution in [0.4, 0.5) is 0 Å². The van der Waals surface area contributed by atoms with Gasteiger partial charge in [-0.15, -0.1) is 12.4 Å². The monoisotopic (exact) mass is 350 g/mol. The first kappa shape index (κ1) is 18.9. The predicted octanol–water partition coefficient (Wildman–Crippen LogP) is 2.61. The molecule has 0 aliphatic carbocycles. The third-order valence-corrected chi connectivity index (χ3v) is 4.54. The van der Waals surface area contributed by atoms with Crippen molar-refractivity contribution in [2.75, 3.05) is 32.8 Å². The fraction of sp³-hybridized carbons (Fsp3) is 0.500. The lowest BCUT2D eigenvalue weighted by Gasteiger charge is -2.35. The average Bonchev–Trinajstić information content (AvgIpc) is 2.99. The molecule has 0 bridgehead atoms. The minimum absolute atomic E-state index is 0. The maximum atomic E-state index is 5.51. The Morgan fingerprint density at radius 3 is 2.54 bits per heavy atom. The van der Waals surface area contributed by atoms with Gasteiger partial charge < -0.3 is 10.1 Å². The molecule has 1 aliphatic heterocycles. The Balaban J connectivity index is 0.00000208. The Kier molecular flexibility index (Phi) is 7.24. The van der Waals surface area contributed by atoms with Gasteiger partial charge in [-0.2, -0.15) is 5.10 Å². The van der Waals surface area contributed by atoms with Crippen molar-refractivity contribution in [2.24, 2.45) is 0 Å². The lowest BCUT2D eigenvalue weighted by atomic mass is 10.0. The summed E-state index contributed by atoms with van der Waals surface area (Å²) in [5.41, 5.74) is 5.04. The van der Waals surface area contributed by atoms with Gasteiger partial charge >= 0.3 is 0 Å². The average molecular weight is 351 g/mol. The van der Waals surface area contributed by atoms with Crippen molar-refractivity contribution in [2.45, 2.75) is 26.4 Å². The number of H-pyrrole nitrogens is 1. The third-order valence-electron chi connectivity index (χ3n) is 4.54. The van der Waals surface area contributed by atoms with Gasteiger partial charge in [-0.1, -0.05) is 29.8 Å². The van der Waals surface area contributed by atoms with E-state index in [2.05, 4.69) is 58.5 Å². The highest BCUT2D eigenvalue weighted by atomic mass is 35.5. The number of aromatic amines is 1. The van der Waals surface area contributed by atoms with Crippen LogP contribution in [0.25, 0.3) is 0 Å². The van der Waals surface area contributed by atoms with E-state index in [4.69, 9.17) is 4.74 Å². The Morgan fingerprint density at radius 2 is 1.92 bits per heavy atom. The molecule has 1 unspecified atom stereocenters. The molecule has 1 aliphatic rings. The fourth-order valence-corrected chi connectivity index (χ4v) is 3.03. The van der Waals surface area contributed by atoms with E-state index < -0.39 is 0 Å². The number of aromatic nitrogens is 2. The second-order valence-corrected chi connectivity index (χ2v) is 6.23. The second kappa shape index (κ2) is 9.18. The van der Waals surface area contributed by atoms with Crippen LogP contribution in [0.3, 0.4) is 0 Å². The van der Waals surface area contributed by atoms with E-state index in [0.29, 0.717) is 6.04 Å². The number of halogens is 1. The van der Waals surface area contributed by atoms with Crippen molar-refractivity contribution >= 4 is 12.4 Å². The van der Waals surface area contributed by atoms with Crippen molar-refractivity contribution in [3.63, 3.8) is 0 Å². The molecule has 132 valence electrons. The highest BCUT2D eigenvalue weighted by Gasteiger charge is 2.22. The van der Waals surface area contributed by atoms with E-state index in [-0.39, 0.29) is 12.4 Å². The number of hydrogen-bond acceptors (Lipinski definition) is 4. The molecule has 2 heterocycles. The number of rotatable bonds is 6. The lowest BCUT2D eigenvalue weighted by Crippen LogP contribution is -2.42. The number of nitrogens with zero attached hydrogens (tertiary/aromatic N) is 2. The summed E-state index contributed by atoms with van der Waals surface area (Å²) >= 11 is 0. The first-order valence-corrected chi connectivity index (χ1v) is 8.32. The normalized spacial score (nSPS) is 16.6. The molecule has 1 fully saturated rings. The minimum atomic E-state index is 0. The highest BCUT2D eigenvalue weighted by Crippen LogP contribution is 2.22. The molecule has 0 amide bonds. The van der Waals surface area contributed by atoms with Gasteiger partial charge in [-0.3, -0.25) is 10.00 Å². The molecule has 2 aromatic rings. The molecule has 1 aromatic heterocycles. The zero-order valence-corrected chi connectivity index (χ0v) is 15.2. The molecule has 0 radical (unpaired) electrons. The van der Waals surface area contributed by atoms with Gasteiger partial charge in [-0.05, 0) is 19.4 Å². The Bertz CT molecular complexity index is 608. The van der Waals surface area contributed by atoms with Crippen LogP contribution >= 0.6 is 12.4 Å². The van der Waals surface area contributed by atoms with Crippen LogP contribution in [-0.2, 0) is 11.3 Å². The van der Waals surface area contributed by atoms with E-state index in [0.717, 1.165) is 45.1 Å². The van der Waals surface area contributed by atoms with E-state index in [1.54, 1.807) is 0 Å². The summed E-state index contributed by atoms with van der Waals surface area (Å²) in [6.45, 7) is 9.59. The fourth-order valence-electron chi connectivity index (χ4n) is 3.03. The number of benzene rings is 1. The first-order chi connectivity index (χ1) is 11.2. The maximum absolute atomic E-state index is 5.51. The van der Waals surface area contributed by atoms with Crippen LogP contribution in [-0.4, -0.2) is 47.9 Å². The molecule has 0 spiro atoms. The predicted molar refractivity (Wildman–Crippen MR) is 98.6 cm³/mol. The summed E-state index contributed by atoms with van der Waals surface area (Å²) in [5, 5.41) is 10.7. The van der Waals surface area contributed by atoms with Crippen LogP contribution in [0.15, 0.2) is 30.5 Å². The molecule has 1 saturated heterocycles. The summed E-state index contributed by atoms with van der Waals surface area (Å²) in [7, 11) is 0. The molecule has 1 atom stereocenters. The van der Waals surface area contributed by atoms with Crippen molar-refractivity contribution < 1.29 is 4.74 Å². The largest absolute Gasteiger partial charge is 0.379 e. The molecular weight excluding hydrogens is 324 g/mol. The molecule has 2 N–H and O–H groups in total. The van der Waals surface area contributed by atoms with Crippen LogP contribution in [0.1, 0.15) is 28.4 Å². The van der Waals surface area contributed by atoms with Gasteiger partial charge in [-0.25, -0.2) is 0 Å². The number of morpholine rings is 1. The number of aryl methyl sites for hydroxylation is 2. The van der Waals surface area contributed by atoms with E-state index in [1.165, 1.54) is 16.7 Å². The van der Waals surface area contributed by atoms with Gasteiger partial charge in [0.2, 0.25) is 0 Å². The van der Waals surface area contributed by atoms with Crippen molar-refractivity contribution in [3.8, 4) is 0 Å². The van der Waals surface area contributed by atoms with E-state index >= 15 is 0 Å². The Labute approximate surface area is 150 Å². The second-order valence-electron chi connectivity index (χ2n) is 6.23. The van der Waals surface area contributed by atoms with E-state index in [1.807, 2.05) is 6.20 Å². The number of hydrogen-bond donors (Lipinski definition) is 2. The lowest BCUT2D eigenvalue weighted by molar-refractivity contribution is 0.0161. The van der Waals surface area contributed by atoms with Crippen molar-refractivity contribution in [1.82, 2.24) is 20.4 Å². The van der Waals surface area contributed by atoms with Crippen molar-refractivity contribution in [3.05, 3.63) is 52.8 Å². The van der Waals surface area contributed by atoms with Gasteiger partial charge in [0, 0.05) is 43.5 Å². The summed E-state index contributed by atoms with van der Waals surface area (Å²) in [5.74, 6) is 0. The highest BCUT2D eigenvalue weighted by molar-refractivity contribution is 5.85. The summed E-state index contributed by atoms with van der Waals surface area (Å²) in [6, 6.07) is 9.28. The van der Waals surface area contributed by atoms with E-state index in [9.17, 15) is 0 Å². The minimum Gasteiger partial charge on any atom is -0.379 e. The van der Waals surface area contributed by atoms with Gasteiger partial charge in [0.25, 0.3) is 0 Å². The van der Waals surface area contributed by atoms with Gasteiger partial charge in [0.15, 0.2) is 0 Å². The quantitative estimate of drug-likeness (QED) is 0.841. The smallest absolute Gasteiger partial charge is 0.0594 e. The zero-order valence-electron chi connectivity index (χ0n) is 14.4. The summed E-state index contributed by atoms with van der Waals surface area (Å²) in [4.78, 5) is 2.52. The number of nitrogens with one attached hydrogen (secondary N) is 2. The van der Waals surface area contributed by atoms with Crippen LogP contribution in [0.5, 0.6) is 0 Å². The molecule has 24 heavy (non-hydrogen) atoms. The molecule has 5 nitrogen and oxygen atoms in total. The third kappa shape index (κ3) is 4.80. The Hall–Kier alpha value is -1.40. The molecule has 3 rings (SSSR count). The molecular formula is C18H27ClN4O. The molecule has 1 aromatic carbocycles. The maximum Gasteiger partial charge on any atom is 0.0594 e. The Morgan fingerprint density at radius 1 is 1.21 bits per heavy atom. The summed E-state index contributed by atoms with van der Waals surface area (Å²) in [6.07, 6.45) is 1.90.